The van der Waals surface area contributed by atoms with Gasteiger partial charge < -0.3 is 34.6 Å². The van der Waals surface area contributed by atoms with Gasteiger partial charge in [-0.3, -0.25) is 0 Å². The van der Waals surface area contributed by atoms with Gasteiger partial charge in [0.05, 0.1) is 25.1 Å². The Labute approximate surface area is 241 Å². The van der Waals surface area contributed by atoms with Gasteiger partial charge in [-0.15, -0.1) is 0 Å². The molecule has 2 aromatic carbocycles. The first-order chi connectivity index (χ1) is 20.0. The molecule has 0 aliphatic carbocycles. The highest BCUT2D eigenvalue weighted by atomic mass is 19.1. The van der Waals surface area contributed by atoms with Gasteiger partial charge in [0.1, 0.15) is 24.3 Å². The molecule has 4 rings (SSSR count). The smallest absolute Gasteiger partial charge is 0.328 e. The molecule has 1 aliphatic rings. The van der Waals surface area contributed by atoms with Crippen molar-refractivity contribution in [2.75, 3.05) is 32.6 Å². The summed E-state index contributed by atoms with van der Waals surface area (Å²) in [6.45, 7) is 3.28. The number of nitrogens with zero attached hydrogens (tertiary/aromatic N) is 3. The quantitative estimate of drug-likeness (QED) is 0.287. The third-order valence-corrected chi connectivity index (χ3v) is 6.10. The van der Waals surface area contributed by atoms with Gasteiger partial charge in [-0.1, -0.05) is 6.07 Å². The Hall–Kier alpha value is -4.78. The predicted octanol–water partition coefficient (Wildman–Crippen LogP) is 4.58. The molecule has 0 bridgehead atoms. The van der Waals surface area contributed by atoms with Gasteiger partial charge in [-0.2, -0.15) is 0 Å². The molecule has 0 atom stereocenters. The van der Waals surface area contributed by atoms with E-state index in [-0.39, 0.29) is 35.3 Å². The molecular formula is C29H32F2N4O7. The van der Waals surface area contributed by atoms with E-state index < -0.39 is 23.6 Å². The molecule has 0 amide bonds. The number of aryl methyl sites for hydroxylation is 1. The monoisotopic (exact) mass is 586 g/mol. The topological polar surface area (TPSA) is 143 Å². The summed E-state index contributed by atoms with van der Waals surface area (Å²) < 4.78 is 45.4. The molecule has 0 radical (unpaired) electrons. The average Bonchev–Trinajstić information content (AvgIpc) is 2.96. The van der Waals surface area contributed by atoms with Crippen molar-refractivity contribution >= 4 is 23.6 Å². The third-order valence-electron chi connectivity index (χ3n) is 6.10. The van der Waals surface area contributed by atoms with Crippen LogP contribution in [0.5, 0.6) is 17.2 Å². The third kappa shape index (κ3) is 9.70. The molecular weight excluding hydrogens is 554 g/mol. The summed E-state index contributed by atoms with van der Waals surface area (Å²) >= 11 is 0. The molecule has 0 saturated carbocycles. The van der Waals surface area contributed by atoms with Crippen molar-refractivity contribution in [3.63, 3.8) is 0 Å². The van der Waals surface area contributed by atoms with Crippen LogP contribution in [0.3, 0.4) is 0 Å². The highest BCUT2D eigenvalue weighted by Crippen LogP contribution is 2.28. The van der Waals surface area contributed by atoms with Crippen LogP contribution in [0.1, 0.15) is 24.0 Å². The van der Waals surface area contributed by atoms with E-state index in [9.17, 15) is 18.4 Å². The number of halogens is 2. The van der Waals surface area contributed by atoms with Crippen molar-refractivity contribution in [1.82, 2.24) is 14.9 Å². The lowest BCUT2D eigenvalue weighted by Crippen LogP contribution is -2.35. The van der Waals surface area contributed by atoms with Crippen LogP contribution in [0.15, 0.2) is 54.9 Å². The molecule has 13 heteroatoms. The van der Waals surface area contributed by atoms with E-state index in [0.717, 1.165) is 37.4 Å². The number of carboxylic acid groups (broad SMARTS) is 2. The first-order valence-electron chi connectivity index (χ1n) is 12.9. The maximum absolute atomic E-state index is 14.4. The van der Waals surface area contributed by atoms with Crippen LogP contribution in [0.2, 0.25) is 0 Å². The number of hydrogen-bond acceptors (Lipinski definition) is 9. The maximum Gasteiger partial charge on any atom is 0.328 e. The van der Waals surface area contributed by atoms with E-state index in [2.05, 4.69) is 27.2 Å². The number of benzene rings is 2. The Morgan fingerprint density at radius 1 is 1.05 bits per heavy atom. The van der Waals surface area contributed by atoms with E-state index in [1.165, 1.54) is 32.5 Å². The fraction of sp³-hybridized carbons (Fsp3) is 0.310. The molecule has 1 aliphatic heterocycles. The average molecular weight is 587 g/mol. The summed E-state index contributed by atoms with van der Waals surface area (Å²) in [6, 6.07) is 8.95. The minimum Gasteiger partial charge on any atom is -0.494 e. The number of likely N-dealkylation sites (tertiary alicyclic amines) is 1. The first kappa shape index (κ1) is 31.7. The molecule has 42 heavy (non-hydrogen) atoms. The summed E-state index contributed by atoms with van der Waals surface area (Å²) in [6.07, 6.45) is 6.21. The standard InChI is InChI=1S/C25H28F2N4O3.C4H4O4/c1-16-11-22(32-3)24(27)21(23(16)26)15-33-20-13-28-25(29-14-20)30-17-5-4-6-19(12-17)34-18-7-9-31(2)10-8-18;5-3(6)1-2-4(7)8/h4-6,11-14,18H,7-10,15H2,1-3H3,(H,28,29,30);1-2H,(H,5,6)(H,7,8)/b;2-1+. The molecule has 224 valence electrons. The molecule has 2 heterocycles. The Bertz CT molecular complexity index is 1380. The molecule has 0 unspecified atom stereocenters. The van der Waals surface area contributed by atoms with Gasteiger partial charge in [0.2, 0.25) is 5.95 Å². The number of carbonyl (C=O) groups is 2. The molecule has 0 spiro atoms. The Morgan fingerprint density at radius 3 is 2.29 bits per heavy atom. The number of aliphatic carboxylic acids is 2. The highest BCUT2D eigenvalue weighted by Gasteiger charge is 2.19. The fourth-order valence-electron chi connectivity index (χ4n) is 3.91. The summed E-state index contributed by atoms with van der Waals surface area (Å²) in [4.78, 5) is 29.9. The van der Waals surface area contributed by atoms with Crippen molar-refractivity contribution in [3.05, 3.63) is 77.6 Å². The largest absolute Gasteiger partial charge is 0.494 e. The zero-order chi connectivity index (χ0) is 30.6. The van der Waals surface area contributed by atoms with E-state index in [1.807, 2.05) is 24.3 Å². The molecule has 3 aromatic rings. The van der Waals surface area contributed by atoms with Crippen LogP contribution in [-0.2, 0) is 16.2 Å². The van der Waals surface area contributed by atoms with E-state index >= 15 is 0 Å². The second-order valence-corrected chi connectivity index (χ2v) is 9.32. The van der Waals surface area contributed by atoms with Crippen molar-refractivity contribution in [2.45, 2.75) is 32.5 Å². The number of rotatable bonds is 10. The van der Waals surface area contributed by atoms with Gasteiger partial charge in [0.25, 0.3) is 0 Å². The second-order valence-electron chi connectivity index (χ2n) is 9.32. The maximum atomic E-state index is 14.4. The number of piperidine rings is 1. The molecule has 1 aromatic heterocycles. The zero-order valence-corrected chi connectivity index (χ0v) is 23.3. The van der Waals surface area contributed by atoms with Crippen molar-refractivity contribution in [3.8, 4) is 17.2 Å². The van der Waals surface area contributed by atoms with Gasteiger partial charge >= 0.3 is 11.9 Å². The van der Waals surface area contributed by atoms with Crippen LogP contribution in [0, 0.1) is 18.6 Å². The van der Waals surface area contributed by atoms with Gasteiger partial charge in [0, 0.05) is 37.0 Å². The van der Waals surface area contributed by atoms with Crippen LogP contribution in [0.4, 0.5) is 20.4 Å². The minimum absolute atomic E-state index is 0.0321. The van der Waals surface area contributed by atoms with E-state index in [4.69, 9.17) is 24.4 Å². The lowest BCUT2D eigenvalue weighted by atomic mass is 10.1. The highest BCUT2D eigenvalue weighted by molar-refractivity contribution is 5.89. The Morgan fingerprint density at radius 2 is 1.69 bits per heavy atom. The summed E-state index contributed by atoms with van der Waals surface area (Å²) in [5.74, 6) is -2.57. The van der Waals surface area contributed by atoms with Crippen LogP contribution < -0.4 is 19.5 Å². The minimum atomic E-state index is -1.26. The molecule has 1 fully saturated rings. The van der Waals surface area contributed by atoms with Gasteiger partial charge in [0.15, 0.2) is 17.3 Å². The fourth-order valence-corrected chi connectivity index (χ4v) is 3.91. The number of carboxylic acids is 2. The van der Waals surface area contributed by atoms with Crippen molar-refractivity contribution < 1.29 is 42.8 Å². The number of aromatic nitrogens is 2. The summed E-state index contributed by atoms with van der Waals surface area (Å²) in [7, 11) is 3.45. The number of anilines is 2. The summed E-state index contributed by atoms with van der Waals surface area (Å²) in [5, 5.41) is 18.8. The number of nitrogens with one attached hydrogen (secondary N) is 1. The van der Waals surface area contributed by atoms with Crippen LogP contribution in [-0.4, -0.2) is 70.4 Å². The van der Waals surface area contributed by atoms with Gasteiger partial charge in [-0.05, 0) is 50.6 Å². The lowest BCUT2D eigenvalue weighted by molar-refractivity contribution is -0.134. The van der Waals surface area contributed by atoms with Gasteiger partial charge in [-0.25, -0.2) is 28.3 Å². The van der Waals surface area contributed by atoms with Crippen LogP contribution >= 0.6 is 0 Å². The SMILES string of the molecule is COc1cc(C)c(F)c(COc2cnc(Nc3cccc(OC4CCN(C)CC4)c3)nc2)c1F.O=C(O)/C=C/C(=O)O. The first-order valence-corrected chi connectivity index (χ1v) is 12.9. The van der Waals surface area contributed by atoms with E-state index in [0.29, 0.717) is 18.1 Å². The number of methoxy groups -OCH3 is 1. The lowest BCUT2D eigenvalue weighted by Gasteiger charge is -2.29. The van der Waals surface area contributed by atoms with Crippen LogP contribution in [0.25, 0.3) is 0 Å². The zero-order valence-electron chi connectivity index (χ0n) is 23.3. The van der Waals surface area contributed by atoms with Crippen molar-refractivity contribution in [1.29, 1.82) is 0 Å². The molecule has 11 nitrogen and oxygen atoms in total. The second kappa shape index (κ2) is 15.3. The predicted molar refractivity (Wildman–Crippen MR) is 149 cm³/mol. The normalized spacial score (nSPS) is 13.6. The number of hydrogen-bond donors (Lipinski definition) is 3. The summed E-state index contributed by atoms with van der Waals surface area (Å²) in [5.41, 5.74) is 0.852. The number of ether oxygens (including phenoxy) is 3. The Balaban J connectivity index is 0.000000531. The Kier molecular flexibility index (Phi) is 11.6. The van der Waals surface area contributed by atoms with E-state index in [1.54, 1.807) is 0 Å². The molecule has 3 N–H and O–H groups in total. The molecule has 1 saturated heterocycles. The van der Waals surface area contributed by atoms with Crippen molar-refractivity contribution in [2.24, 2.45) is 0 Å².